The van der Waals surface area contributed by atoms with Crippen molar-refractivity contribution < 1.29 is 19.5 Å². The van der Waals surface area contributed by atoms with Crippen molar-refractivity contribution in [2.24, 2.45) is 4.99 Å². The predicted molar refractivity (Wildman–Crippen MR) is 38.3 cm³/mol. The van der Waals surface area contributed by atoms with Crippen molar-refractivity contribution in [3.05, 3.63) is 0 Å². The van der Waals surface area contributed by atoms with E-state index in [9.17, 15) is 14.4 Å². The Morgan fingerprint density at radius 3 is 2.67 bits per heavy atom. The molecule has 0 aliphatic rings. The number of hydrogen-bond acceptors (Lipinski definition) is 4. The van der Waals surface area contributed by atoms with E-state index in [4.69, 9.17) is 5.11 Å². The zero-order valence-corrected chi connectivity index (χ0v) is 6.24. The minimum atomic E-state index is -0.991. The molecule has 0 aromatic rings. The van der Waals surface area contributed by atoms with E-state index >= 15 is 0 Å². The lowest BCUT2D eigenvalue weighted by Crippen LogP contribution is -2.27. The van der Waals surface area contributed by atoms with E-state index in [1.807, 2.05) is 0 Å². The fraction of sp³-hybridized carbons (Fsp3) is 0.500. The topological polar surface area (TPSA) is 95.8 Å². The third-order valence-corrected chi connectivity index (χ3v) is 0.948. The number of carboxylic acids is 1. The molecular formula is C6H8N2O4. The Morgan fingerprint density at radius 1 is 1.50 bits per heavy atom. The monoisotopic (exact) mass is 172 g/mol. The van der Waals surface area contributed by atoms with Crippen LogP contribution in [0.25, 0.3) is 0 Å². The summed E-state index contributed by atoms with van der Waals surface area (Å²) in [6, 6.07) is 0. The van der Waals surface area contributed by atoms with Gasteiger partial charge in [0.1, 0.15) is 6.54 Å². The lowest BCUT2D eigenvalue weighted by molar-refractivity contribution is -0.136. The molecule has 0 atom stereocenters. The first-order valence-corrected chi connectivity index (χ1v) is 3.19. The van der Waals surface area contributed by atoms with Gasteiger partial charge in [0.15, 0.2) is 0 Å². The highest BCUT2D eigenvalue weighted by Crippen LogP contribution is 1.76. The van der Waals surface area contributed by atoms with E-state index in [0.717, 1.165) is 0 Å². The third kappa shape index (κ3) is 6.44. The van der Waals surface area contributed by atoms with E-state index in [2.05, 4.69) is 10.3 Å². The molecule has 2 N–H and O–H groups in total. The molecule has 0 aromatic heterocycles. The summed E-state index contributed by atoms with van der Waals surface area (Å²) >= 11 is 0. The molecule has 0 saturated heterocycles. The summed E-state index contributed by atoms with van der Waals surface area (Å²) in [6.07, 6.45) is 1.05. The van der Waals surface area contributed by atoms with Crippen molar-refractivity contribution in [3.63, 3.8) is 0 Å². The van der Waals surface area contributed by atoms with Crippen LogP contribution in [-0.2, 0) is 14.4 Å². The van der Waals surface area contributed by atoms with Crippen LogP contribution in [0.3, 0.4) is 0 Å². The van der Waals surface area contributed by atoms with Crippen molar-refractivity contribution in [2.75, 3.05) is 13.1 Å². The molecule has 0 aliphatic heterocycles. The number of aliphatic carboxylic acids is 1. The highest BCUT2D eigenvalue weighted by molar-refractivity contribution is 5.79. The maximum Gasteiger partial charge on any atom is 0.305 e. The fourth-order valence-corrected chi connectivity index (χ4v) is 0.469. The first kappa shape index (κ1) is 10.3. The first-order valence-electron chi connectivity index (χ1n) is 3.19. The Morgan fingerprint density at radius 2 is 2.17 bits per heavy atom. The zero-order chi connectivity index (χ0) is 9.40. The van der Waals surface area contributed by atoms with E-state index < -0.39 is 11.9 Å². The maximum atomic E-state index is 10.6. The SMILES string of the molecule is O=C=NCC(=O)NCCC(=O)O. The summed E-state index contributed by atoms with van der Waals surface area (Å²) in [7, 11) is 0. The number of carbonyl (C=O) groups excluding carboxylic acids is 2. The van der Waals surface area contributed by atoms with E-state index in [1.54, 1.807) is 0 Å². The number of carboxylic acid groups (broad SMARTS) is 1. The van der Waals surface area contributed by atoms with Gasteiger partial charge in [-0.3, -0.25) is 9.59 Å². The number of nitrogens with one attached hydrogen (secondary N) is 1. The lowest BCUT2D eigenvalue weighted by Gasteiger charge is -1.98. The molecule has 6 nitrogen and oxygen atoms in total. The van der Waals surface area contributed by atoms with Crippen molar-refractivity contribution >= 4 is 18.0 Å². The molecule has 0 spiro atoms. The van der Waals surface area contributed by atoms with E-state index in [1.165, 1.54) is 6.08 Å². The molecule has 0 aromatic carbocycles. The van der Waals surface area contributed by atoms with Gasteiger partial charge in [0.2, 0.25) is 12.0 Å². The van der Waals surface area contributed by atoms with Crippen molar-refractivity contribution in [3.8, 4) is 0 Å². The lowest BCUT2D eigenvalue weighted by atomic mass is 10.4. The van der Waals surface area contributed by atoms with Gasteiger partial charge < -0.3 is 10.4 Å². The molecule has 0 saturated carbocycles. The number of isocyanates is 1. The van der Waals surface area contributed by atoms with E-state index in [-0.39, 0.29) is 19.5 Å². The highest BCUT2D eigenvalue weighted by atomic mass is 16.4. The third-order valence-electron chi connectivity index (χ3n) is 0.948. The molecular weight excluding hydrogens is 164 g/mol. The molecule has 0 aliphatic carbocycles. The molecule has 6 heteroatoms. The Labute approximate surface area is 68.3 Å². The van der Waals surface area contributed by atoms with E-state index in [0.29, 0.717) is 0 Å². The number of aliphatic imine (C=N–C) groups is 1. The Balaban J connectivity index is 3.44. The van der Waals surface area contributed by atoms with Crippen LogP contribution >= 0.6 is 0 Å². The summed E-state index contributed by atoms with van der Waals surface area (Å²) in [4.78, 5) is 33.1. The number of nitrogens with zero attached hydrogens (tertiary/aromatic N) is 1. The van der Waals surface area contributed by atoms with Crippen LogP contribution in [0.15, 0.2) is 4.99 Å². The summed E-state index contributed by atoms with van der Waals surface area (Å²) in [5.74, 6) is -1.48. The Hall–Kier alpha value is -1.68. The van der Waals surface area contributed by atoms with Crippen LogP contribution in [0.4, 0.5) is 0 Å². The molecule has 0 bridgehead atoms. The Kier molecular flexibility index (Phi) is 5.21. The standard InChI is InChI=1S/C6H8N2O4/c9-4-7-3-5(10)8-2-1-6(11)12/h1-3H2,(H,8,10)(H,11,12). The summed E-state index contributed by atoms with van der Waals surface area (Å²) in [6.45, 7) is -0.258. The molecule has 66 valence electrons. The number of hydrogen-bond donors (Lipinski definition) is 2. The van der Waals surface area contributed by atoms with Gasteiger partial charge >= 0.3 is 5.97 Å². The largest absolute Gasteiger partial charge is 0.481 e. The zero-order valence-electron chi connectivity index (χ0n) is 6.24. The average Bonchev–Trinajstić information content (AvgIpc) is 2.00. The van der Waals surface area contributed by atoms with Gasteiger partial charge in [-0.25, -0.2) is 4.79 Å². The molecule has 0 rings (SSSR count). The summed E-state index contributed by atoms with van der Waals surface area (Å²) in [5, 5.41) is 10.4. The summed E-state index contributed by atoms with van der Waals surface area (Å²) < 4.78 is 0. The second-order valence-corrected chi connectivity index (χ2v) is 1.90. The Bertz CT molecular complexity index is 220. The number of rotatable bonds is 5. The maximum absolute atomic E-state index is 10.6. The van der Waals surface area contributed by atoms with Crippen LogP contribution < -0.4 is 5.32 Å². The number of carbonyl (C=O) groups is 2. The molecule has 0 fully saturated rings. The van der Waals surface area contributed by atoms with Gasteiger partial charge in [0, 0.05) is 6.54 Å². The van der Waals surface area contributed by atoms with Gasteiger partial charge in [0.05, 0.1) is 6.42 Å². The van der Waals surface area contributed by atoms with Crippen molar-refractivity contribution in [2.45, 2.75) is 6.42 Å². The normalized spacial score (nSPS) is 8.33. The second kappa shape index (κ2) is 6.06. The molecule has 0 radical (unpaired) electrons. The quantitative estimate of drug-likeness (QED) is 0.407. The van der Waals surface area contributed by atoms with Crippen LogP contribution in [-0.4, -0.2) is 36.2 Å². The second-order valence-electron chi connectivity index (χ2n) is 1.90. The van der Waals surface area contributed by atoms with Gasteiger partial charge in [-0.2, -0.15) is 4.99 Å². The van der Waals surface area contributed by atoms with Gasteiger partial charge in [-0.1, -0.05) is 0 Å². The average molecular weight is 172 g/mol. The van der Waals surface area contributed by atoms with Crippen LogP contribution in [0.1, 0.15) is 6.42 Å². The molecule has 1 amide bonds. The van der Waals surface area contributed by atoms with Crippen molar-refractivity contribution in [1.82, 2.24) is 5.32 Å². The van der Waals surface area contributed by atoms with Crippen LogP contribution in [0.5, 0.6) is 0 Å². The minimum absolute atomic E-state index is 0.0442. The van der Waals surface area contributed by atoms with Crippen molar-refractivity contribution in [1.29, 1.82) is 0 Å². The predicted octanol–water partition coefficient (Wildman–Crippen LogP) is -1.09. The van der Waals surface area contributed by atoms with Crippen LogP contribution in [0.2, 0.25) is 0 Å². The minimum Gasteiger partial charge on any atom is -0.481 e. The van der Waals surface area contributed by atoms with Gasteiger partial charge in [-0.15, -0.1) is 0 Å². The first-order chi connectivity index (χ1) is 5.66. The van der Waals surface area contributed by atoms with Gasteiger partial charge in [-0.05, 0) is 0 Å². The number of amides is 1. The molecule has 12 heavy (non-hydrogen) atoms. The molecule has 0 heterocycles. The highest BCUT2D eigenvalue weighted by Gasteiger charge is 2.00. The fourth-order valence-electron chi connectivity index (χ4n) is 0.469. The summed E-state index contributed by atoms with van der Waals surface area (Å²) in [5.41, 5.74) is 0. The molecule has 0 unspecified atom stereocenters. The van der Waals surface area contributed by atoms with Gasteiger partial charge in [0.25, 0.3) is 0 Å². The van der Waals surface area contributed by atoms with Crippen LogP contribution in [0, 0.1) is 0 Å². The smallest absolute Gasteiger partial charge is 0.305 e.